The van der Waals surface area contributed by atoms with Crippen LogP contribution in [0.4, 0.5) is 5.00 Å². The summed E-state index contributed by atoms with van der Waals surface area (Å²) in [6.45, 7) is 7.68. The average Bonchev–Trinajstić information content (AvgIpc) is 3.27. The molecule has 0 spiro atoms. The first-order valence-corrected chi connectivity index (χ1v) is 12.4. The Hall–Kier alpha value is -0.990. The molecule has 28 heavy (non-hydrogen) atoms. The van der Waals surface area contributed by atoms with Crippen LogP contribution in [-0.2, 0) is 22.4 Å². The molecule has 0 saturated heterocycles. The lowest BCUT2D eigenvalue weighted by atomic mass is 9.72. The second-order valence-corrected chi connectivity index (χ2v) is 11.7. The first kappa shape index (κ1) is 21.7. The molecule has 1 aliphatic heterocycles. The topological polar surface area (TPSA) is 67.8 Å². The summed E-state index contributed by atoms with van der Waals surface area (Å²) in [7, 11) is 1.40. The summed E-state index contributed by atoms with van der Waals surface area (Å²) >= 11 is 4.93. The standard InChI is InChI=1S/C20H28N2O3S3/c1-20(2,3)12-5-6-13-14(11-12)28-17(16(13)18(24)25-4)22-15(23)7-9-26-19-21-8-10-27-19/h12H,5-11H2,1-4H3,(H,22,23). The molecule has 1 amide bonds. The minimum atomic E-state index is -0.354. The number of fused-ring (bicyclic) bond motifs is 1. The minimum Gasteiger partial charge on any atom is -0.465 e. The molecule has 2 heterocycles. The molecule has 0 radical (unpaired) electrons. The third-order valence-electron chi connectivity index (χ3n) is 5.24. The quantitative estimate of drug-likeness (QED) is 0.663. The van der Waals surface area contributed by atoms with Gasteiger partial charge in [-0.1, -0.05) is 44.3 Å². The van der Waals surface area contributed by atoms with Crippen molar-refractivity contribution in [1.29, 1.82) is 0 Å². The highest BCUT2D eigenvalue weighted by Crippen LogP contribution is 2.44. The van der Waals surface area contributed by atoms with Gasteiger partial charge in [0.2, 0.25) is 5.91 Å². The van der Waals surface area contributed by atoms with E-state index in [0.717, 1.165) is 41.5 Å². The number of thiophene rings is 1. The SMILES string of the molecule is COC(=O)c1c(NC(=O)CCSC2=NCCS2)sc2c1CCC(C(C)(C)C)C2. The molecule has 1 unspecified atom stereocenters. The third kappa shape index (κ3) is 5.13. The van der Waals surface area contributed by atoms with Gasteiger partial charge in [-0.05, 0) is 36.2 Å². The van der Waals surface area contributed by atoms with Crippen molar-refractivity contribution >= 4 is 56.1 Å². The number of amides is 1. The highest BCUT2D eigenvalue weighted by Gasteiger charge is 2.34. The molecule has 0 fully saturated rings. The van der Waals surface area contributed by atoms with Crippen molar-refractivity contribution in [3.63, 3.8) is 0 Å². The van der Waals surface area contributed by atoms with Crippen LogP contribution in [0.25, 0.3) is 0 Å². The van der Waals surface area contributed by atoms with Crippen molar-refractivity contribution in [3.8, 4) is 0 Å². The van der Waals surface area contributed by atoms with Crippen LogP contribution in [0.15, 0.2) is 4.99 Å². The van der Waals surface area contributed by atoms with E-state index in [4.69, 9.17) is 4.74 Å². The molecule has 1 N–H and O–H groups in total. The molecule has 3 rings (SSSR count). The summed E-state index contributed by atoms with van der Waals surface area (Å²) < 4.78 is 6.09. The predicted molar refractivity (Wildman–Crippen MR) is 121 cm³/mol. The number of anilines is 1. The van der Waals surface area contributed by atoms with Crippen LogP contribution in [0.2, 0.25) is 0 Å². The lowest BCUT2D eigenvalue weighted by Crippen LogP contribution is -2.26. The molecule has 0 aromatic carbocycles. The number of rotatable bonds is 5. The number of ether oxygens (including phenoxy) is 1. The average molecular weight is 441 g/mol. The van der Waals surface area contributed by atoms with E-state index >= 15 is 0 Å². The maximum atomic E-state index is 12.5. The fourth-order valence-corrected chi connectivity index (χ4v) is 6.90. The number of hydrogen-bond acceptors (Lipinski definition) is 7. The molecule has 1 atom stereocenters. The second kappa shape index (κ2) is 9.22. The zero-order valence-corrected chi connectivity index (χ0v) is 19.4. The largest absolute Gasteiger partial charge is 0.465 e. The first-order valence-electron chi connectivity index (χ1n) is 9.62. The van der Waals surface area contributed by atoms with Gasteiger partial charge in [-0.2, -0.15) is 0 Å². The Bertz CT molecular complexity index is 780. The van der Waals surface area contributed by atoms with Crippen molar-refractivity contribution in [2.45, 2.75) is 46.5 Å². The van der Waals surface area contributed by atoms with Crippen LogP contribution in [0.1, 0.15) is 54.4 Å². The van der Waals surface area contributed by atoms with Gasteiger partial charge in [0.1, 0.15) is 9.38 Å². The van der Waals surface area contributed by atoms with Gasteiger partial charge in [-0.15, -0.1) is 11.3 Å². The van der Waals surface area contributed by atoms with Crippen molar-refractivity contribution in [2.75, 3.05) is 30.5 Å². The molecule has 8 heteroatoms. The molecule has 1 aromatic heterocycles. The Kier molecular flexibility index (Phi) is 7.15. The molecule has 0 saturated carbocycles. The van der Waals surface area contributed by atoms with E-state index in [1.54, 1.807) is 34.9 Å². The van der Waals surface area contributed by atoms with Gasteiger partial charge in [-0.25, -0.2) is 4.79 Å². The molecule has 1 aromatic rings. The smallest absolute Gasteiger partial charge is 0.341 e. The molecular weight excluding hydrogens is 412 g/mol. The molecule has 2 aliphatic rings. The van der Waals surface area contributed by atoms with E-state index in [0.29, 0.717) is 28.7 Å². The fourth-order valence-electron chi connectivity index (χ4n) is 3.55. The zero-order valence-electron chi connectivity index (χ0n) is 16.9. The summed E-state index contributed by atoms with van der Waals surface area (Å²) in [6.07, 6.45) is 3.27. The number of carbonyl (C=O) groups is 2. The van der Waals surface area contributed by atoms with Crippen molar-refractivity contribution in [2.24, 2.45) is 16.3 Å². The van der Waals surface area contributed by atoms with Gasteiger partial charge in [0, 0.05) is 22.8 Å². The number of esters is 1. The van der Waals surface area contributed by atoms with Crippen LogP contribution < -0.4 is 5.32 Å². The van der Waals surface area contributed by atoms with E-state index in [1.165, 1.54) is 12.0 Å². The maximum Gasteiger partial charge on any atom is 0.341 e. The minimum absolute atomic E-state index is 0.0628. The van der Waals surface area contributed by atoms with E-state index in [-0.39, 0.29) is 17.3 Å². The highest BCUT2D eigenvalue weighted by molar-refractivity contribution is 8.39. The summed E-state index contributed by atoms with van der Waals surface area (Å²) in [5.41, 5.74) is 1.86. The van der Waals surface area contributed by atoms with Crippen LogP contribution in [-0.4, -0.2) is 41.4 Å². The van der Waals surface area contributed by atoms with Crippen molar-refractivity contribution < 1.29 is 14.3 Å². The van der Waals surface area contributed by atoms with Gasteiger partial charge in [0.15, 0.2) is 0 Å². The molecule has 1 aliphatic carbocycles. The normalized spacial score (nSPS) is 19.1. The van der Waals surface area contributed by atoms with Gasteiger partial charge in [-0.3, -0.25) is 9.79 Å². The number of methoxy groups -OCH3 is 1. The van der Waals surface area contributed by atoms with E-state index in [1.807, 2.05) is 0 Å². The van der Waals surface area contributed by atoms with Crippen LogP contribution in [0, 0.1) is 11.3 Å². The van der Waals surface area contributed by atoms with Crippen molar-refractivity contribution in [3.05, 3.63) is 16.0 Å². The Labute approximate surface area is 179 Å². The number of nitrogens with zero attached hydrogens (tertiary/aromatic N) is 1. The molecular formula is C20H28N2O3S3. The van der Waals surface area contributed by atoms with Gasteiger partial charge < -0.3 is 10.1 Å². The highest BCUT2D eigenvalue weighted by atomic mass is 32.2. The van der Waals surface area contributed by atoms with E-state index in [9.17, 15) is 9.59 Å². The lowest BCUT2D eigenvalue weighted by Gasteiger charge is -2.33. The Balaban J connectivity index is 1.70. The van der Waals surface area contributed by atoms with Crippen LogP contribution >= 0.6 is 34.9 Å². The van der Waals surface area contributed by atoms with Gasteiger partial charge >= 0.3 is 5.97 Å². The maximum absolute atomic E-state index is 12.5. The number of hydrogen-bond donors (Lipinski definition) is 1. The number of nitrogens with one attached hydrogen (secondary N) is 1. The van der Waals surface area contributed by atoms with Gasteiger partial charge in [0.05, 0.1) is 19.2 Å². The predicted octanol–water partition coefficient (Wildman–Crippen LogP) is 4.85. The Morgan fingerprint density at radius 3 is 2.79 bits per heavy atom. The summed E-state index contributed by atoms with van der Waals surface area (Å²) in [4.78, 5) is 30.5. The first-order chi connectivity index (χ1) is 13.3. The molecule has 154 valence electrons. The summed E-state index contributed by atoms with van der Waals surface area (Å²) in [6, 6.07) is 0. The monoisotopic (exact) mass is 440 g/mol. The van der Waals surface area contributed by atoms with Crippen molar-refractivity contribution in [1.82, 2.24) is 0 Å². The van der Waals surface area contributed by atoms with Crippen LogP contribution in [0.3, 0.4) is 0 Å². The number of carbonyl (C=O) groups excluding carboxylic acids is 2. The van der Waals surface area contributed by atoms with E-state index < -0.39 is 0 Å². The van der Waals surface area contributed by atoms with E-state index in [2.05, 4.69) is 31.1 Å². The zero-order chi connectivity index (χ0) is 20.3. The molecule has 5 nitrogen and oxygen atoms in total. The summed E-state index contributed by atoms with van der Waals surface area (Å²) in [5.74, 6) is 1.89. The third-order valence-corrected chi connectivity index (χ3v) is 8.67. The van der Waals surface area contributed by atoms with Crippen LogP contribution in [0.5, 0.6) is 0 Å². The Morgan fingerprint density at radius 2 is 2.14 bits per heavy atom. The molecule has 0 bridgehead atoms. The number of thioether (sulfide) groups is 2. The summed E-state index contributed by atoms with van der Waals surface area (Å²) in [5, 5.41) is 3.63. The number of aliphatic imine (C=N–C) groups is 1. The Morgan fingerprint density at radius 1 is 1.36 bits per heavy atom. The fraction of sp³-hybridized carbons (Fsp3) is 0.650. The lowest BCUT2D eigenvalue weighted by molar-refractivity contribution is -0.115. The second-order valence-electron chi connectivity index (χ2n) is 8.15. The van der Waals surface area contributed by atoms with Gasteiger partial charge in [0.25, 0.3) is 0 Å².